The van der Waals surface area contributed by atoms with E-state index in [2.05, 4.69) is 29.3 Å². The van der Waals surface area contributed by atoms with E-state index in [-0.39, 0.29) is 5.91 Å². The Morgan fingerprint density at radius 2 is 1.96 bits per heavy atom. The fourth-order valence-corrected chi connectivity index (χ4v) is 2.80. The van der Waals surface area contributed by atoms with Gasteiger partial charge in [0.2, 0.25) is 5.91 Å². The Hall–Kier alpha value is -2.49. The Balaban J connectivity index is 1.56. The Morgan fingerprint density at radius 3 is 2.74 bits per heavy atom. The number of carbonyl (C=O) groups excluding carboxylic acids is 1. The number of hydrogen-bond acceptors (Lipinski definition) is 3. The van der Waals surface area contributed by atoms with Crippen molar-refractivity contribution >= 4 is 17.3 Å². The number of nitrogens with zero attached hydrogens (tertiary/aromatic N) is 1. The molecule has 0 unspecified atom stereocenters. The maximum absolute atomic E-state index is 12.3. The quantitative estimate of drug-likeness (QED) is 0.888. The highest BCUT2D eigenvalue weighted by Gasteiger charge is 2.20. The zero-order chi connectivity index (χ0) is 16.1. The molecule has 0 fully saturated rings. The first-order valence-electron chi connectivity index (χ1n) is 8.12. The Bertz CT molecular complexity index is 667. The first-order valence-corrected chi connectivity index (χ1v) is 8.12. The Kier molecular flexibility index (Phi) is 4.81. The van der Waals surface area contributed by atoms with Crippen LogP contribution >= 0.6 is 0 Å². The number of fused-ring (bicyclic) bond motifs is 1. The van der Waals surface area contributed by atoms with E-state index in [1.165, 1.54) is 11.3 Å². The minimum Gasteiger partial charge on any atom is -0.494 e. The summed E-state index contributed by atoms with van der Waals surface area (Å²) in [6.45, 7) is 4.06. The van der Waals surface area contributed by atoms with Gasteiger partial charge in [0.05, 0.1) is 13.2 Å². The average molecular weight is 310 g/mol. The van der Waals surface area contributed by atoms with Gasteiger partial charge in [-0.15, -0.1) is 0 Å². The van der Waals surface area contributed by atoms with E-state index in [4.69, 9.17) is 4.74 Å². The molecular formula is C19H22N2O2. The van der Waals surface area contributed by atoms with Crippen molar-refractivity contribution in [2.24, 2.45) is 0 Å². The van der Waals surface area contributed by atoms with E-state index in [0.717, 1.165) is 30.8 Å². The summed E-state index contributed by atoms with van der Waals surface area (Å²) in [5.74, 6) is 0.835. The molecule has 0 bridgehead atoms. The number of carbonyl (C=O) groups is 1. The number of nitrogens with one attached hydrogen (secondary N) is 1. The molecule has 0 radical (unpaired) electrons. The van der Waals surface area contributed by atoms with Crippen molar-refractivity contribution in [3.8, 4) is 5.75 Å². The number of anilines is 2. The highest BCUT2D eigenvalue weighted by atomic mass is 16.5. The summed E-state index contributed by atoms with van der Waals surface area (Å²) in [5.41, 5.74) is 3.29. The molecule has 2 aromatic rings. The third kappa shape index (κ3) is 3.83. The Labute approximate surface area is 137 Å². The van der Waals surface area contributed by atoms with E-state index < -0.39 is 0 Å². The van der Waals surface area contributed by atoms with Crippen molar-refractivity contribution in [2.45, 2.75) is 19.8 Å². The van der Waals surface area contributed by atoms with Gasteiger partial charge in [-0.3, -0.25) is 4.79 Å². The lowest BCUT2D eigenvalue weighted by atomic mass is 10.2. The van der Waals surface area contributed by atoms with Crippen LogP contribution in [-0.2, 0) is 11.2 Å². The number of para-hydroxylation sites is 1. The van der Waals surface area contributed by atoms with Gasteiger partial charge in [-0.05, 0) is 48.7 Å². The van der Waals surface area contributed by atoms with Crippen molar-refractivity contribution < 1.29 is 9.53 Å². The second-order valence-electron chi connectivity index (χ2n) is 5.72. The third-order valence-electron chi connectivity index (χ3n) is 3.93. The number of benzene rings is 2. The van der Waals surface area contributed by atoms with E-state index in [0.29, 0.717) is 13.2 Å². The predicted octanol–water partition coefficient (Wildman–Crippen LogP) is 3.48. The lowest BCUT2D eigenvalue weighted by molar-refractivity contribution is -0.115. The van der Waals surface area contributed by atoms with Crippen LogP contribution in [0.2, 0.25) is 0 Å². The highest BCUT2D eigenvalue weighted by molar-refractivity contribution is 5.94. The van der Waals surface area contributed by atoms with Gasteiger partial charge in [0, 0.05) is 17.9 Å². The molecule has 0 spiro atoms. The molecule has 4 heteroatoms. The number of rotatable bonds is 6. The molecule has 1 heterocycles. The number of amides is 1. The van der Waals surface area contributed by atoms with Crippen molar-refractivity contribution in [1.82, 2.24) is 0 Å². The molecule has 0 saturated heterocycles. The smallest absolute Gasteiger partial charge is 0.243 e. The summed E-state index contributed by atoms with van der Waals surface area (Å²) >= 11 is 0. The molecule has 0 aromatic heterocycles. The lowest BCUT2D eigenvalue weighted by Crippen LogP contribution is -2.31. The molecule has 0 atom stereocenters. The molecule has 1 N–H and O–H groups in total. The van der Waals surface area contributed by atoms with Crippen LogP contribution in [-0.4, -0.2) is 25.6 Å². The van der Waals surface area contributed by atoms with Gasteiger partial charge in [0.15, 0.2) is 0 Å². The normalized spacial score (nSPS) is 12.8. The van der Waals surface area contributed by atoms with Crippen molar-refractivity contribution in [3.63, 3.8) is 0 Å². The van der Waals surface area contributed by atoms with Crippen LogP contribution in [0.15, 0.2) is 48.5 Å². The maximum Gasteiger partial charge on any atom is 0.243 e. The van der Waals surface area contributed by atoms with E-state index in [1.807, 2.05) is 36.4 Å². The maximum atomic E-state index is 12.3. The second kappa shape index (κ2) is 7.18. The summed E-state index contributed by atoms with van der Waals surface area (Å²) < 4.78 is 5.54. The molecule has 4 nitrogen and oxygen atoms in total. The van der Waals surface area contributed by atoms with Crippen LogP contribution in [0.5, 0.6) is 5.75 Å². The summed E-state index contributed by atoms with van der Waals surface area (Å²) in [4.78, 5) is 14.4. The molecule has 3 rings (SSSR count). The van der Waals surface area contributed by atoms with Crippen LogP contribution in [0.25, 0.3) is 0 Å². The monoisotopic (exact) mass is 310 g/mol. The first kappa shape index (κ1) is 15.4. The second-order valence-corrected chi connectivity index (χ2v) is 5.72. The molecular weight excluding hydrogens is 288 g/mol. The lowest BCUT2D eigenvalue weighted by Gasteiger charge is -2.18. The topological polar surface area (TPSA) is 41.6 Å². The molecule has 1 amide bonds. The van der Waals surface area contributed by atoms with Crippen molar-refractivity contribution in [2.75, 3.05) is 29.9 Å². The summed E-state index contributed by atoms with van der Waals surface area (Å²) in [6, 6.07) is 15.8. The minimum absolute atomic E-state index is 0.00364. The third-order valence-corrected chi connectivity index (χ3v) is 3.93. The van der Waals surface area contributed by atoms with Crippen molar-refractivity contribution in [1.29, 1.82) is 0 Å². The van der Waals surface area contributed by atoms with Gasteiger partial charge < -0.3 is 15.0 Å². The van der Waals surface area contributed by atoms with Gasteiger partial charge in [-0.25, -0.2) is 0 Å². The van der Waals surface area contributed by atoms with Gasteiger partial charge >= 0.3 is 0 Å². The van der Waals surface area contributed by atoms with Gasteiger partial charge in [-0.1, -0.05) is 25.1 Å². The molecule has 0 saturated carbocycles. The minimum atomic E-state index is 0.00364. The van der Waals surface area contributed by atoms with Crippen molar-refractivity contribution in [3.05, 3.63) is 54.1 Å². The van der Waals surface area contributed by atoms with Crippen LogP contribution in [0, 0.1) is 0 Å². The molecule has 1 aliphatic heterocycles. The average Bonchev–Trinajstić information content (AvgIpc) is 2.97. The SMILES string of the molecule is CCCOc1ccc(NC(=O)CN2CCc3ccccc32)cc1. The van der Waals surface area contributed by atoms with E-state index in [1.54, 1.807) is 0 Å². The molecule has 120 valence electrons. The largest absolute Gasteiger partial charge is 0.494 e. The van der Waals surface area contributed by atoms with Gasteiger partial charge in [0.1, 0.15) is 5.75 Å². The summed E-state index contributed by atoms with van der Waals surface area (Å²) in [5, 5.41) is 2.95. The van der Waals surface area contributed by atoms with Crippen LogP contribution in [0.3, 0.4) is 0 Å². The highest BCUT2D eigenvalue weighted by Crippen LogP contribution is 2.27. The standard InChI is InChI=1S/C19H22N2O2/c1-2-13-23-17-9-7-16(8-10-17)20-19(22)14-21-12-11-15-5-3-4-6-18(15)21/h3-10H,2,11-14H2,1H3,(H,20,22). The molecule has 1 aliphatic rings. The number of hydrogen-bond donors (Lipinski definition) is 1. The molecule has 0 aliphatic carbocycles. The fraction of sp³-hybridized carbons (Fsp3) is 0.316. The van der Waals surface area contributed by atoms with Crippen LogP contribution in [0.4, 0.5) is 11.4 Å². The van der Waals surface area contributed by atoms with Crippen LogP contribution < -0.4 is 15.0 Å². The van der Waals surface area contributed by atoms with E-state index in [9.17, 15) is 4.79 Å². The fourth-order valence-electron chi connectivity index (χ4n) is 2.80. The summed E-state index contributed by atoms with van der Waals surface area (Å²) in [6.07, 6.45) is 1.99. The van der Waals surface area contributed by atoms with Crippen LogP contribution in [0.1, 0.15) is 18.9 Å². The zero-order valence-corrected chi connectivity index (χ0v) is 13.4. The van der Waals surface area contributed by atoms with E-state index >= 15 is 0 Å². The Morgan fingerprint density at radius 1 is 1.17 bits per heavy atom. The van der Waals surface area contributed by atoms with Gasteiger partial charge in [0.25, 0.3) is 0 Å². The summed E-state index contributed by atoms with van der Waals surface area (Å²) in [7, 11) is 0. The first-order chi connectivity index (χ1) is 11.3. The predicted molar refractivity (Wildman–Crippen MR) is 93.2 cm³/mol. The molecule has 2 aromatic carbocycles. The van der Waals surface area contributed by atoms with Gasteiger partial charge in [-0.2, -0.15) is 0 Å². The zero-order valence-electron chi connectivity index (χ0n) is 13.4. The number of ether oxygens (including phenoxy) is 1. The molecule has 23 heavy (non-hydrogen) atoms.